The summed E-state index contributed by atoms with van der Waals surface area (Å²) in [5.74, 6) is -4.14. The summed E-state index contributed by atoms with van der Waals surface area (Å²) in [5.41, 5.74) is -7.58. The fraction of sp³-hybridized carbons (Fsp3) is 0. The molecule has 40 nitrogen and oxygen atoms in total. The van der Waals surface area contributed by atoms with E-state index in [0.717, 1.165) is 60.7 Å². The number of anilines is 4. The van der Waals surface area contributed by atoms with Crippen molar-refractivity contribution in [1.82, 2.24) is 29.9 Å². The van der Waals surface area contributed by atoms with Crippen LogP contribution in [0, 0.1) is 0 Å². The third-order valence-electron chi connectivity index (χ3n) is 13.9. The first-order valence-electron chi connectivity index (χ1n) is 26.5. The first kappa shape index (κ1) is 102. The topological polar surface area (TPSA) is 679 Å². The molecule has 0 aliphatic heterocycles. The number of H-pyrrole nitrogens is 2. The van der Waals surface area contributed by atoms with Crippen molar-refractivity contribution in [2.75, 3.05) is 10.6 Å². The number of nitrogens with zero attached hydrogens (tertiary/aromatic N) is 10. The standard InChI is InChI=1S/C52H34Cl2N14O26S8.8Na/c53-47-59-49(63-51(61-47)57-41-37(99(83,84)85)17-21-15-25(95(71,72)73)19-33(39(21)43(41)69)67-65-31-13-11-27-29(45(31)101(89,90)91)3-1-5-35(27)97(77,78)79)55-23-7-9-24(10-8-23)56-50-60-48(54)62-52(64-50)58-42-38(100(86,87)88)18-22-16-26(96(74,75)76)20-34(40(22)44(42)70)68-66-32-14-12-28-30(46(32)102(92,93)94)4-2-6-36(28)98(80,81)82;;;;;;;;/h1-20,69-70H,(H,71,72,73)(H,74,75,76)(H,77,78,79)(H,80,81,82)(H,83,84,85)(H,86,87,88)(H,89,90,91)(H,92,93,94)(H2,55,57,59,61,63)(H2,56,58,60,62,64);;;;;;;;/q;8*+1/p-8. The number of halogens is 2. The Labute approximate surface area is 806 Å². The molecule has 0 unspecified atom stereocenters. The monoisotopic (exact) mass is 1770 g/mol. The molecule has 0 amide bonds. The average molecular weight is 1770 g/mol. The molecular weight excluding hydrogens is 1750 g/mol. The molecule has 0 fully saturated rings. The van der Waals surface area contributed by atoms with Crippen molar-refractivity contribution >= 4 is 205 Å². The number of rotatable bonds is 18. The van der Waals surface area contributed by atoms with Gasteiger partial charge in [-0.25, -0.2) is 60.5 Å². The predicted molar refractivity (Wildman–Crippen MR) is 337 cm³/mol. The van der Waals surface area contributed by atoms with Crippen LogP contribution < -0.4 is 269 Å². The van der Waals surface area contributed by atoms with Gasteiger partial charge in [-0.2, -0.15) is 36.8 Å². The Hall–Kier alpha value is -2.10. The quantitative estimate of drug-likeness (QED) is 0.0264. The largest absolute Gasteiger partial charge is 1.00 e. The molecule has 0 saturated heterocycles. The summed E-state index contributed by atoms with van der Waals surface area (Å²) in [6.45, 7) is 0. The van der Waals surface area contributed by atoms with Crippen LogP contribution in [0.3, 0.4) is 0 Å². The summed E-state index contributed by atoms with van der Waals surface area (Å²) >= 11 is 12.5. The zero-order valence-electron chi connectivity index (χ0n) is 56.7. The van der Waals surface area contributed by atoms with Gasteiger partial charge in [0.25, 0.3) is 20.2 Å². The third kappa shape index (κ3) is 23.2. The second-order valence-corrected chi connectivity index (χ2v) is 32.0. The van der Waals surface area contributed by atoms with Gasteiger partial charge < -0.3 is 48.2 Å². The van der Waals surface area contributed by atoms with Crippen LogP contribution in [0.25, 0.3) is 43.1 Å². The van der Waals surface area contributed by atoms with Crippen LogP contribution in [0.4, 0.5) is 57.4 Å². The second kappa shape index (κ2) is 38.7. The van der Waals surface area contributed by atoms with Crippen molar-refractivity contribution in [3.63, 3.8) is 0 Å². The van der Waals surface area contributed by atoms with E-state index in [4.69, 9.17) is 23.2 Å². The molecule has 0 atom stereocenters. The van der Waals surface area contributed by atoms with E-state index in [-0.39, 0.29) is 248 Å². The van der Waals surface area contributed by atoms with Crippen LogP contribution in [0.5, 0.6) is 11.5 Å². The first-order chi connectivity index (χ1) is 47.2. The Morgan fingerprint density at radius 3 is 0.964 bits per heavy atom. The summed E-state index contributed by atoms with van der Waals surface area (Å²) < 4.78 is 295. The molecule has 0 aliphatic rings. The number of fused-ring (bicyclic) bond motifs is 4. The molecule has 2 heterocycles. The minimum Gasteiger partial charge on any atom is -0.871 e. The summed E-state index contributed by atoms with van der Waals surface area (Å²) in [6.07, 6.45) is 0. The average Bonchev–Trinajstić information content (AvgIpc) is 0.755. The normalized spacial score (nSPS) is 12.6. The Kier molecular flexibility index (Phi) is 36.0. The van der Waals surface area contributed by atoms with E-state index in [9.17, 15) is 114 Å². The molecule has 9 aromatic carbocycles. The smallest absolute Gasteiger partial charge is 0.871 e. The van der Waals surface area contributed by atoms with Crippen LogP contribution in [-0.4, -0.2) is 134 Å². The molecule has 2 aromatic heterocycles. The maximum absolute atomic E-state index is 14.5. The summed E-state index contributed by atoms with van der Waals surface area (Å²) in [6, 6.07) is 16.5. The van der Waals surface area contributed by atoms with Crippen molar-refractivity contribution < 1.29 is 350 Å². The molecule has 58 heteroatoms. The van der Waals surface area contributed by atoms with Crippen molar-refractivity contribution in [2.45, 2.75) is 39.2 Å². The summed E-state index contributed by atoms with van der Waals surface area (Å²) in [7, 11) is -44.2. The molecular formula is C52H26Cl2N14Na8O26S8. The number of aromatic nitrogens is 6. The SMILES string of the molecule is O=S(=O)([O-])c1cc(N=Nc2ccc3c(S(=O)(=O)[O-])cccc3c2S(=O)(=O)O)c2c([O-])c(N=c3nc(Nc4ccc(Nc5nc(Cl)[nH]c(=Nc6c(S(=O)(=O)[O-])cc7cc(S(=O)(=O)[O-])cc(N=Nc8ccc9c(S(=O)(=O)[O-])cccc9c8S(=O)(=O)O)c7c6[O-])n5)cc4)nc(Cl)[nH]3)c(S(=O)(=O)[O-])cc2c1.[Na+].[Na+].[Na+].[Na+].[Na+].[Na+].[Na+].[Na+]. The van der Waals surface area contributed by atoms with Gasteiger partial charge in [0.15, 0.2) is 0 Å². The van der Waals surface area contributed by atoms with E-state index in [1.807, 2.05) is 0 Å². The molecule has 11 rings (SSSR count). The van der Waals surface area contributed by atoms with E-state index in [0.29, 0.717) is 36.4 Å². The molecule has 0 saturated carbocycles. The minimum atomic E-state index is -5.83. The number of hydrogen-bond donors (Lipinski definition) is 6. The molecule has 110 heavy (non-hydrogen) atoms. The maximum Gasteiger partial charge on any atom is 1.00 e. The van der Waals surface area contributed by atoms with Gasteiger partial charge in [-0.3, -0.25) is 19.1 Å². The third-order valence-corrected chi connectivity index (χ3v) is 21.2. The Morgan fingerprint density at radius 1 is 0.364 bits per heavy atom. The molecule has 0 bridgehead atoms. The van der Waals surface area contributed by atoms with Gasteiger partial charge >= 0.3 is 236 Å². The Bertz CT molecular complexity index is 6390. The fourth-order valence-electron chi connectivity index (χ4n) is 9.87. The van der Waals surface area contributed by atoms with E-state index < -0.39 is 243 Å². The Morgan fingerprint density at radius 2 is 0.673 bits per heavy atom. The van der Waals surface area contributed by atoms with E-state index in [1.165, 1.54) is 24.3 Å². The van der Waals surface area contributed by atoms with Crippen LogP contribution >= 0.6 is 23.2 Å². The molecule has 6 N–H and O–H groups in total. The van der Waals surface area contributed by atoms with E-state index in [2.05, 4.69) is 71.0 Å². The van der Waals surface area contributed by atoms with Gasteiger partial charge in [0, 0.05) is 43.7 Å². The van der Waals surface area contributed by atoms with Gasteiger partial charge in [0.05, 0.1) is 52.1 Å². The Balaban J connectivity index is 0.00000392. The molecule has 0 radical (unpaired) electrons. The van der Waals surface area contributed by atoms with Crippen LogP contribution in [0.15, 0.2) is 191 Å². The zero-order chi connectivity index (χ0) is 74.5. The number of azo groups is 2. The molecule has 0 spiro atoms. The number of benzene rings is 9. The van der Waals surface area contributed by atoms with Crippen molar-refractivity contribution in [1.29, 1.82) is 0 Å². The van der Waals surface area contributed by atoms with Gasteiger partial charge in [-0.15, -0.1) is 20.5 Å². The molecule has 11 aromatic rings. The second-order valence-electron chi connectivity index (χ2n) is 20.4. The van der Waals surface area contributed by atoms with E-state index in [1.54, 1.807) is 0 Å². The fourth-order valence-corrected chi connectivity index (χ4v) is 15.6. The summed E-state index contributed by atoms with van der Waals surface area (Å²) in [4.78, 5) is 18.8. The molecule has 530 valence electrons. The number of aromatic amines is 2. The maximum atomic E-state index is 14.5. The van der Waals surface area contributed by atoms with Crippen molar-refractivity contribution in [3.05, 3.63) is 143 Å². The molecule has 0 aliphatic carbocycles. The van der Waals surface area contributed by atoms with Gasteiger partial charge in [-0.1, -0.05) is 47.9 Å². The van der Waals surface area contributed by atoms with Crippen molar-refractivity contribution in [3.8, 4) is 11.5 Å². The first-order valence-corrected chi connectivity index (χ1v) is 38.6. The van der Waals surface area contributed by atoms with Crippen molar-refractivity contribution in [2.24, 2.45) is 30.4 Å². The van der Waals surface area contributed by atoms with E-state index >= 15 is 0 Å². The number of hydrogen-bond acceptors (Lipinski definition) is 36. The van der Waals surface area contributed by atoms with Gasteiger partial charge in [0.1, 0.15) is 81.9 Å². The zero-order valence-corrected chi connectivity index (χ0v) is 80.8. The summed E-state index contributed by atoms with van der Waals surface area (Å²) in [5, 5.41) is 42.5. The van der Waals surface area contributed by atoms with Crippen LogP contribution in [-0.2, 0) is 80.9 Å². The van der Waals surface area contributed by atoms with Crippen LogP contribution in [0.1, 0.15) is 0 Å². The van der Waals surface area contributed by atoms with Crippen LogP contribution in [0.2, 0.25) is 10.6 Å². The number of nitrogens with one attached hydrogen (secondary N) is 4. The predicted octanol–water partition coefficient (Wildman–Crippen LogP) is -19.3. The minimum absolute atomic E-state index is 0. The van der Waals surface area contributed by atoms with Gasteiger partial charge in [0.2, 0.25) is 33.7 Å². The van der Waals surface area contributed by atoms with Gasteiger partial charge in [-0.05, 0) is 119 Å².